The van der Waals surface area contributed by atoms with Crippen LogP contribution in [0.15, 0.2) is 60.0 Å². The minimum Gasteiger partial charge on any atom is -0.436 e. The molecule has 2 aromatic carbocycles. The molecule has 1 aliphatic rings. The zero-order valence-electron chi connectivity index (χ0n) is 17.4. The maximum absolute atomic E-state index is 14.2. The Balaban J connectivity index is 1.38. The first-order chi connectivity index (χ1) is 15.7. The van der Waals surface area contributed by atoms with Gasteiger partial charge in [0.2, 0.25) is 5.78 Å². The third kappa shape index (κ3) is 4.84. The Labute approximate surface area is 186 Å². The Bertz CT molecular complexity index is 1250. The summed E-state index contributed by atoms with van der Waals surface area (Å²) in [6.45, 7) is 1.03. The number of carbonyl (C=O) groups is 1. The molecule has 0 spiro atoms. The Hall–Kier alpha value is -3.82. The van der Waals surface area contributed by atoms with Gasteiger partial charge in [0.15, 0.2) is 0 Å². The van der Waals surface area contributed by atoms with Crippen LogP contribution in [0.25, 0.3) is 10.9 Å². The average molecular weight is 458 g/mol. The lowest BCUT2D eigenvalue weighted by Crippen LogP contribution is -2.38. The number of Topliss-reactive ketones (excluding diaryl/α,β-unsaturated/α-hetero) is 1. The number of nitrogens with one attached hydrogen (secondary N) is 1. The van der Waals surface area contributed by atoms with E-state index in [0.717, 1.165) is 36.3 Å². The number of alkyl halides is 2. The fourth-order valence-electron chi connectivity index (χ4n) is 3.35. The van der Waals surface area contributed by atoms with Crippen molar-refractivity contribution in [3.8, 4) is 5.75 Å². The number of rotatable bonds is 6. The number of aromatic nitrogens is 2. The van der Waals surface area contributed by atoms with Crippen LogP contribution >= 0.6 is 0 Å². The highest BCUT2D eigenvalue weighted by atomic mass is 19.3. The molecule has 0 saturated heterocycles. The second-order valence-electron chi connectivity index (χ2n) is 7.47. The lowest BCUT2D eigenvalue weighted by molar-refractivity contribution is -0.125. The summed E-state index contributed by atoms with van der Waals surface area (Å²) in [4.78, 5) is 23.8. The van der Waals surface area contributed by atoms with Crippen molar-refractivity contribution < 1.29 is 27.1 Å². The van der Waals surface area contributed by atoms with Crippen molar-refractivity contribution in [3.63, 3.8) is 0 Å². The van der Waals surface area contributed by atoms with Crippen molar-refractivity contribution in [1.82, 2.24) is 9.97 Å². The van der Waals surface area contributed by atoms with Crippen molar-refractivity contribution in [2.75, 3.05) is 11.9 Å². The van der Waals surface area contributed by atoms with Crippen LogP contribution in [0.4, 0.5) is 23.4 Å². The first kappa shape index (κ1) is 22.4. The van der Waals surface area contributed by atoms with Crippen molar-refractivity contribution in [3.05, 3.63) is 72.2 Å². The van der Waals surface area contributed by atoms with E-state index in [0.29, 0.717) is 19.9 Å². The maximum atomic E-state index is 14.2. The number of carbonyl (C=O) groups excluding carboxylic acids is 1. The predicted molar refractivity (Wildman–Crippen MR) is 114 cm³/mol. The van der Waals surface area contributed by atoms with Gasteiger partial charge in [-0.25, -0.2) is 32.5 Å². The van der Waals surface area contributed by atoms with Gasteiger partial charge < -0.3 is 10.1 Å². The number of hydrogen-bond donors (Lipinski definition) is 1. The smallest absolute Gasteiger partial charge is 0.264 e. The largest absolute Gasteiger partial charge is 0.436 e. The highest BCUT2D eigenvalue weighted by Crippen LogP contribution is 2.29. The van der Waals surface area contributed by atoms with Gasteiger partial charge in [-0.1, -0.05) is 12.1 Å². The Morgan fingerprint density at radius 2 is 1.79 bits per heavy atom. The second kappa shape index (κ2) is 8.97. The molecule has 6 nitrogen and oxygen atoms in total. The van der Waals surface area contributed by atoms with Crippen LogP contribution in [0.5, 0.6) is 5.75 Å². The lowest BCUT2D eigenvalue weighted by atomic mass is 9.96. The number of aliphatic imine (C=N–C) groups is 1. The standard InChI is InChI=1S/C23H18F4N4O2/c1-23(26,27)15-9-11-29-22(20(15)32)33-14-4-2-13(3-5-14)8-10-28-21-18-16(24)6-7-17(25)19(18)30-12-31-21/h2-7,9,11-12,15H,8,10H2,1H3,(H,28,30,31). The average Bonchev–Trinajstić information content (AvgIpc) is 2.78. The molecule has 1 aliphatic heterocycles. The van der Waals surface area contributed by atoms with Gasteiger partial charge in [0, 0.05) is 19.7 Å². The molecule has 3 aromatic rings. The molecule has 170 valence electrons. The van der Waals surface area contributed by atoms with Crippen LogP contribution in [0.1, 0.15) is 12.5 Å². The number of ether oxygens (including phenoxy) is 1. The maximum Gasteiger partial charge on any atom is 0.264 e. The number of nitrogens with zero attached hydrogens (tertiary/aromatic N) is 3. The van der Waals surface area contributed by atoms with Crippen molar-refractivity contribution in [2.45, 2.75) is 19.3 Å². The van der Waals surface area contributed by atoms with Crippen molar-refractivity contribution in [1.29, 1.82) is 0 Å². The number of benzene rings is 2. The molecule has 0 aliphatic carbocycles. The van der Waals surface area contributed by atoms with Crippen molar-refractivity contribution in [2.24, 2.45) is 10.9 Å². The molecule has 4 rings (SSSR count). The zero-order valence-corrected chi connectivity index (χ0v) is 17.4. The lowest BCUT2D eigenvalue weighted by Gasteiger charge is -2.21. The molecular formula is C23H18F4N4O2. The molecule has 10 heteroatoms. The first-order valence-electron chi connectivity index (χ1n) is 10.00. The fourth-order valence-corrected chi connectivity index (χ4v) is 3.35. The van der Waals surface area contributed by atoms with Gasteiger partial charge in [-0.05, 0) is 42.3 Å². The zero-order chi connectivity index (χ0) is 23.6. The third-order valence-electron chi connectivity index (χ3n) is 5.04. The second-order valence-corrected chi connectivity index (χ2v) is 7.47. The van der Waals surface area contributed by atoms with Crippen LogP contribution in [0.2, 0.25) is 0 Å². The number of fused-ring (bicyclic) bond motifs is 1. The minimum atomic E-state index is -3.22. The molecule has 1 atom stereocenters. The summed E-state index contributed by atoms with van der Waals surface area (Å²) >= 11 is 0. The molecule has 0 fully saturated rings. The molecule has 33 heavy (non-hydrogen) atoms. The number of allylic oxidation sites excluding steroid dienone is 1. The van der Waals surface area contributed by atoms with Crippen LogP contribution in [0, 0.1) is 17.6 Å². The number of halogens is 4. The Kier molecular flexibility index (Phi) is 6.08. The highest BCUT2D eigenvalue weighted by Gasteiger charge is 2.42. The van der Waals surface area contributed by atoms with Gasteiger partial charge in [-0.3, -0.25) is 4.79 Å². The van der Waals surface area contributed by atoms with E-state index in [-0.39, 0.29) is 22.5 Å². The van der Waals surface area contributed by atoms with Gasteiger partial charge in [0.25, 0.3) is 11.8 Å². The summed E-state index contributed by atoms with van der Waals surface area (Å²) in [5.74, 6) is -6.95. The van der Waals surface area contributed by atoms with E-state index in [1.807, 2.05) is 0 Å². The molecule has 0 bridgehead atoms. The molecule has 2 heterocycles. The fraction of sp³-hybridized carbons (Fsp3) is 0.217. The predicted octanol–water partition coefficient (Wildman–Crippen LogP) is 4.71. The molecule has 1 aromatic heterocycles. The van der Waals surface area contributed by atoms with E-state index in [4.69, 9.17) is 4.74 Å². The normalized spacial score (nSPS) is 16.1. The van der Waals surface area contributed by atoms with E-state index < -0.39 is 35.2 Å². The Morgan fingerprint density at radius 3 is 2.52 bits per heavy atom. The van der Waals surface area contributed by atoms with Crippen LogP contribution < -0.4 is 10.1 Å². The molecule has 1 N–H and O–H groups in total. The monoisotopic (exact) mass is 458 g/mol. The quantitative estimate of drug-likeness (QED) is 0.542. The number of hydrogen-bond acceptors (Lipinski definition) is 6. The number of ketones is 1. The SMILES string of the molecule is CC(F)(F)C1C=CN=C(Oc2ccc(CCNc3ncnc4c(F)ccc(F)c34)cc2)C1=O. The number of anilines is 1. The summed E-state index contributed by atoms with van der Waals surface area (Å²) in [6.07, 6.45) is 3.84. The van der Waals surface area contributed by atoms with Crippen LogP contribution in [-0.2, 0) is 11.2 Å². The Morgan fingerprint density at radius 1 is 1.06 bits per heavy atom. The molecular weight excluding hydrogens is 440 g/mol. The van der Waals surface area contributed by atoms with E-state index in [1.54, 1.807) is 24.3 Å². The molecule has 0 amide bonds. The van der Waals surface area contributed by atoms with Crippen LogP contribution in [0.3, 0.4) is 0 Å². The highest BCUT2D eigenvalue weighted by molar-refractivity contribution is 6.38. The van der Waals surface area contributed by atoms with Gasteiger partial charge in [0.05, 0.1) is 5.39 Å². The molecule has 0 radical (unpaired) electrons. The minimum absolute atomic E-state index is 0.0239. The van der Waals surface area contributed by atoms with Gasteiger partial charge in [-0.15, -0.1) is 0 Å². The third-order valence-corrected chi connectivity index (χ3v) is 5.04. The summed E-state index contributed by atoms with van der Waals surface area (Å²) in [5, 5.41) is 2.95. The van der Waals surface area contributed by atoms with E-state index in [2.05, 4.69) is 20.3 Å². The topological polar surface area (TPSA) is 76.5 Å². The van der Waals surface area contributed by atoms with Crippen LogP contribution in [-0.4, -0.2) is 34.1 Å². The van der Waals surface area contributed by atoms with E-state index in [1.165, 1.54) is 0 Å². The summed E-state index contributed by atoms with van der Waals surface area (Å²) in [6, 6.07) is 8.64. The summed E-state index contributed by atoms with van der Waals surface area (Å²) < 4.78 is 60.5. The van der Waals surface area contributed by atoms with E-state index in [9.17, 15) is 22.4 Å². The molecule has 1 unspecified atom stereocenters. The molecule has 0 saturated carbocycles. The first-order valence-corrected chi connectivity index (χ1v) is 10.00. The van der Waals surface area contributed by atoms with Gasteiger partial charge in [0.1, 0.15) is 41.0 Å². The van der Waals surface area contributed by atoms with Gasteiger partial charge >= 0.3 is 0 Å². The summed E-state index contributed by atoms with van der Waals surface area (Å²) in [5.41, 5.74) is 0.765. The van der Waals surface area contributed by atoms with E-state index >= 15 is 0 Å². The van der Waals surface area contributed by atoms with Gasteiger partial charge in [-0.2, -0.15) is 0 Å². The summed E-state index contributed by atoms with van der Waals surface area (Å²) in [7, 11) is 0. The van der Waals surface area contributed by atoms with Crippen molar-refractivity contribution >= 4 is 28.4 Å².